The van der Waals surface area contributed by atoms with Gasteiger partial charge in [0.2, 0.25) is 0 Å². The average molecular weight is 859 g/mol. The highest BCUT2D eigenvalue weighted by Crippen LogP contribution is 2.49. The molecule has 5 heteroatoms. The van der Waals surface area contributed by atoms with Crippen LogP contribution in [0.15, 0.2) is 140 Å². The minimum Gasteiger partial charge on any atom is -0.457 e. The summed E-state index contributed by atoms with van der Waals surface area (Å²) < 4.78 is 9.47. The molecule has 8 aromatic rings. The van der Waals surface area contributed by atoms with Gasteiger partial charge in [-0.05, 0) is 148 Å². The van der Waals surface area contributed by atoms with E-state index in [-0.39, 0.29) is 5.41 Å². The monoisotopic (exact) mass is 859 g/mol. The summed E-state index contributed by atoms with van der Waals surface area (Å²) in [6.07, 6.45) is 4.15. The third kappa shape index (κ3) is 8.31. The molecule has 0 aliphatic carbocycles. The molecular formula is C60H66N4O. The number of aromatic nitrogens is 2. The molecule has 9 rings (SSSR count). The van der Waals surface area contributed by atoms with Crippen molar-refractivity contribution in [3.05, 3.63) is 167 Å². The molecule has 0 amide bonds. The van der Waals surface area contributed by atoms with Crippen molar-refractivity contribution in [3.63, 3.8) is 0 Å². The Hall–Kier alpha value is -6.33. The van der Waals surface area contributed by atoms with Gasteiger partial charge in [0, 0.05) is 40.5 Å². The molecule has 0 fully saturated rings. The van der Waals surface area contributed by atoms with E-state index in [0.29, 0.717) is 30.3 Å². The molecule has 65 heavy (non-hydrogen) atoms. The third-order valence-electron chi connectivity index (χ3n) is 13.8. The second kappa shape index (κ2) is 17.6. The third-order valence-corrected chi connectivity index (χ3v) is 13.8. The second-order valence-corrected chi connectivity index (χ2v) is 20.1. The zero-order chi connectivity index (χ0) is 45.7. The number of fused-ring (bicyclic) bond motifs is 4. The summed E-state index contributed by atoms with van der Waals surface area (Å²) in [7, 11) is 0. The first-order valence-electron chi connectivity index (χ1n) is 24.0. The van der Waals surface area contributed by atoms with Crippen molar-refractivity contribution in [1.82, 2.24) is 9.55 Å². The minimum absolute atomic E-state index is 0.0165. The topological polar surface area (TPSA) is 33.5 Å². The molecule has 2 aromatic heterocycles. The van der Waals surface area contributed by atoms with Gasteiger partial charge in [-0.25, -0.2) is 4.98 Å². The predicted octanol–water partition coefficient (Wildman–Crippen LogP) is 17.5. The molecule has 5 nitrogen and oxygen atoms in total. The molecule has 6 aromatic carbocycles. The smallest absolute Gasteiger partial charge is 0.137 e. The Morgan fingerprint density at radius 1 is 0.569 bits per heavy atom. The van der Waals surface area contributed by atoms with Crippen LogP contribution in [-0.2, 0) is 5.41 Å². The summed E-state index contributed by atoms with van der Waals surface area (Å²) in [6, 6.07) is 49.6. The quantitative estimate of drug-likeness (QED) is 0.123. The maximum atomic E-state index is 7.18. The summed E-state index contributed by atoms with van der Waals surface area (Å²) in [5, 5.41) is 2.36. The highest BCUT2D eigenvalue weighted by Gasteiger charge is 2.31. The van der Waals surface area contributed by atoms with Gasteiger partial charge >= 0.3 is 0 Å². The lowest BCUT2D eigenvalue weighted by Gasteiger charge is -2.25. The molecule has 0 radical (unpaired) electrons. The van der Waals surface area contributed by atoms with E-state index in [1.807, 2.05) is 6.20 Å². The summed E-state index contributed by atoms with van der Waals surface area (Å²) in [5.41, 5.74) is 16.1. The zero-order valence-electron chi connectivity index (χ0n) is 40.4. The van der Waals surface area contributed by atoms with Gasteiger partial charge in [0.1, 0.15) is 24.0 Å². The number of nitrogens with zero attached hydrogens (tertiary/aromatic N) is 4. The molecule has 0 unspecified atom stereocenters. The molecule has 1 aliphatic rings. The number of hydrogen-bond acceptors (Lipinski definition) is 4. The maximum absolute atomic E-state index is 7.18. The largest absolute Gasteiger partial charge is 0.457 e. The standard InChI is InChI=1S/C60H66N4O/c1-12-41(13-2)43-24-27-55-57(33-43)63(37-62(55)46-19-16-18-42(30-46)38(3)4)47-31-44(59-50(39(5)6)21-17-22-51(59)40(7)8)32-49(35-47)65-48-25-26-53-52-20-14-15-23-54(52)64(56(53)36-48)58-34-45(28-29-61-58)60(9,10)11/h14-36,38-41H,12-13,37H2,1-11H3. The molecule has 0 spiro atoms. The van der Waals surface area contributed by atoms with Gasteiger partial charge in [0.25, 0.3) is 0 Å². The Morgan fingerprint density at radius 2 is 1.28 bits per heavy atom. The molecular weight excluding hydrogens is 793 g/mol. The fraction of sp³-hybridized carbons (Fsp3) is 0.317. The molecule has 3 heterocycles. The van der Waals surface area contributed by atoms with Gasteiger partial charge < -0.3 is 14.5 Å². The normalized spacial score (nSPS) is 13.1. The fourth-order valence-corrected chi connectivity index (χ4v) is 10.0. The average Bonchev–Trinajstić information content (AvgIpc) is 3.84. The first-order chi connectivity index (χ1) is 31.2. The van der Waals surface area contributed by atoms with Crippen LogP contribution in [0.2, 0.25) is 0 Å². The van der Waals surface area contributed by atoms with E-state index in [0.717, 1.165) is 46.9 Å². The van der Waals surface area contributed by atoms with E-state index in [9.17, 15) is 0 Å². The number of hydrogen-bond donors (Lipinski definition) is 0. The lowest BCUT2D eigenvalue weighted by atomic mass is 9.85. The van der Waals surface area contributed by atoms with Crippen LogP contribution in [0.4, 0.5) is 22.7 Å². The molecule has 0 N–H and O–H groups in total. The first kappa shape index (κ1) is 43.9. The van der Waals surface area contributed by atoms with Gasteiger partial charge in [-0.3, -0.25) is 4.57 Å². The van der Waals surface area contributed by atoms with Crippen molar-refractivity contribution in [2.45, 2.75) is 118 Å². The van der Waals surface area contributed by atoms with Crippen LogP contribution in [0, 0.1) is 0 Å². The number of rotatable bonds is 12. The minimum atomic E-state index is -0.0165. The van der Waals surface area contributed by atoms with Crippen LogP contribution >= 0.6 is 0 Å². The summed E-state index contributed by atoms with van der Waals surface area (Å²) in [5.74, 6) is 4.09. The van der Waals surface area contributed by atoms with Gasteiger partial charge in [-0.1, -0.05) is 131 Å². The molecule has 0 saturated heterocycles. The second-order valence-electron chi connectivity index (χ2n) is 20.1. The molecule has 332 valence electrons. The van der Waals surface area contributed by atoms with Gasteiger partial charge in [0.15, 0.2) is 0 Å². The Bertz CT molecular complexity index is 2990. The van der Waals surface area contributed by atoms with Crippen LogP contribution < -0.4 is 14.5 Å². The van der Waals surface area contributed by atoms with E-state index < -0.39 is 0 Å². The molecule has 1 aliphatic heterocycles. The van der Waals surface area contributed by atoms with Crippen LogP contribution in [0.3, 0.4) is 0 Å². The lowest BCUT2D eigenvalue weighted by Crippen LogP contribution is -2.24. The highest BCUT2D eigenvalue weighted by atomic mass is 16.5. The molecule has 0 saturated carbocycles. The number of anilines is 4. The number of pyridine rings is 1. The zero-order valence-corrected chi connectivity index (χ0v) is 40.4. The Balaban J connectivity index is 1.24. The fourth-order valence-electron chi connectivity index (χ4n) is 10.0. The van der Waals surface area contributed by atoms with Crippen molar-refractivity contribution in [3.8, 4) is 28.4 Å². The Labute approximate surface area is 387 Å². The number of ether oxygens (including phenoxy) is 1. The van der Waals surface area contributed by atoms with E-state index in [2.05, 4.69) is 224 Å². The van der Waals surface area contributed by atoms with E-state index in [1.165, 1.54) is 66.8 Å². The summed E-state index contributed by atoms with van der Waals surface area (Å²) in [4.78, 5) is 9.96. The van der Waals surface area contributed by atoms with Crippen LogP contribution in [-0.4, -0.2) is 16.2 Å². The van der Waals surface area contributed by atoms with Crippen molar-refractivity contribution in [1.29, 1.82) is 0 Å². The number of para-hydroxylation sites is 1. The Morgan fingerprint density at radius 3 is 1.98 bits per heavy atom. The van der Waals surface area contributed by atoms with Gasteiger partial charge in [-0.15, -0.1) is 0 Å². The van der Waals surface area contributed by atoms with Crippen LogP contribution in [0.1, 0.15) is 140 Å². The van der Waals surface area contributed by atoms with E-state index in [1.54, 1.807) is 0 Å². The number of benzene rings is 6. The van der Waals surface area contributed by atoms with Crippen molar-refractivity contribution >= 4 is 44.6 Å². The summed E-state index contributed by atoms with van der Waals surface area (Å²) in [6.45, 7) is 25.9. The van der Waals surface area contributed by atoms with Gasteiger partial charge in [0.05, 0.1) is 22.4 Å². The molecule has 0 bridgehead atoms. The first-order valence-corrected chi connectivity index (χ1v) is 24.0. The highest BCUT2D eigenvalue weighted by molar-refractivity contribution is 6.09. The predicted molar refractivity (Wildman–Crippen MR) is 277 cm³/mol. The lowest BCUT2D eigenvalue weighted by molar-refractivity contribution is 0.483. The maximum Gasteiger partial charge on any atom is 0.137 e. The van der Waals surface area contributed by atoms with Crippen molar-refractivity contribution in [2.75, 3.05) is 16.5 Å². The summed E-state index contributed by atoms with van der Waals surface area (Å²) >= 11 is 0. The Kier molecular flexibility index (Phi) is 11.9. The van der Waals surface area contributed by atoms with E-state index in [4.69, 9.17) is 9.72 Å². The van der Waals surface area contributed by atoms with Crippen LogP contribution in [0.25, 0.3) is 38.8 Å². The van der Waals surface area contributed by atoms with Crippen molar-refractivity contribution < 1.29 is 4.74 Å². The van der Waals surface area contributed by atoms with Crippen molar-refractivity contribution in [2.24, 2.45) is 0 Å². The van der Waals surface area contributed by atoms with Crippen LogP contribution in [0.5, 0.6) is 11.5 Å². The molecule has 0 atom stereocenters. The SMILES string of the molecule is CCC(CC)c1ccc2c(c1)N(c1cc(Oc3ccc4c5ccccc5n(-c5cc(C(C)(C)C)ccn5)c4c3)cc(-c3c(C(C)C)cccc3C(C)C)c1)CN2c1cccc(C(C)C)c1. The van der Waals surface area contributed by atoms with Gasteiger partial charge in [-0.2, -0.15) is 0 Å². The van der Waals surface area contributed by atoms with E-state index >= 15 is 0 Å².